The fourth-order valence-corrected chi connectivity index (χ4v) is 3.26. The van der Waals surface area contributed by atoms with Gasteiger partial charge < -0.3 is 4.90 Å². The molecule has 0 saturated carbocycles. The minimum Gasteiger partial charge on any atom is -0.366 e. The molecule has 1 nitrogen and oxygen atoms in total. The van der Waals surface area contributed by atoms with E-state index in [-0.39, 0.29) is 0 Å². The highest BCUT2D eigenvalue weighted by Crippen LogP contribution is 2.26. The number of halogens is 1. The molecule has 0 unspecified atom stereocenters. The Bertz CT molecular complexity index is 493. The van der Waals surface area contributed by atoms with Crippen molar-refractivity contribution in [3.05, 3.63) is 51.7 Å². The smallest absolute Gasteiger partial charge is 0.0522 e. The maximum atomic E-state index is 3.59. The number of rotatable bonds is 5. The van der Waals surface area contributed by atoms with Crippen LogP contribution < -0.4 is 4.90 Å². The van der Waals surface area contributed by atoms with Gasteiger partial charge in [-0.1, -0.05) is 39.7 Å². The third-order valence-electron chi connectivity index (χ3n) is 3.03. The van der Waals surface area contributed by atoms with Crippen LogP contribution in [0.3, 0.4) is 0 Å². The predicted octanol–water partition coefficient (Wildman–Crippen LogP) is 4.98. The molecule has 0 fully saturated rings. The molecular formula is C15H18BrNS. The van der Waals surface area contributed by atoms with E-state index in [1.807, 2.05) is 11.3 Å². The molecule has 3 heteroatoms. The molecule has 2 aromatic rings. The first-order chi connectivity index (χ1) is 8.74. The first kappa shape index (κ1) is 13.6. The van der Waals surface area contributed by atoms with Crippen LogP contribution >= 0.6 is 27.3 Å². The summed E-state index contributed by atoms with van der Waals surface area (Å²) in [7, 11) is 0. The van der Waals surface area contributed by atoms with Gasteiger partial charge >= 0.3 is 0 Å². The lowest BCUT2D eigenvalue weighted by Crippen LogP contribution is -2.22. The fraction of sp³-hybridized carbons (Fsp3) is 0.333. The van der Waals surface area contributed by atoms with E-state index in [1.54, 1.807) is 0 Å². The van der Waals surface area contributed by atoms with Crippen molar-refractivity contribution in [2.45, 2.75) is 25.7 Å². The van der Waals surface area contributed by atoms with Crippen molar-refractivity contribution in [2.24, 2.45) is 0 Å². The van der Waals surface area contributed by atoms with Gasteiger partial charge in [0.15, 0.2) is 0 Å². The molecule has 0 bridgehead atoms. The normalized spacial score (nSPS) is 10.6. The van der Waals surface area contributed by atoms with Crippen LogP contribution in [0.15, 0.2) is 35.7 Å². The number of hydrogen-bond acceptors (Lipinski definition) is 2. The minimum atomic E-state index is 0.908. The largest absolute Gasteiger partial charge is 0.366 e. The molecule has 96 valence electrons. The van der Waals surface area contributed by atoms with E-state index in [4.69, 9.17) is 0 Å². The van der Waals surface area contributed by atoms with Gasteiger partial charge in [0.25, 0.3) is 0 Å². The number of thiophene rings is 1. The minimum absolute atomic E-state index is 0.908. The van der Waals surface area contributed by atoms with Crippen molar-refractivity contribution < 1.29 is 0 Å². The summed E-state index contributed by atoms with van der Waals surface area (Å²) < 4.78 is 0. The van der Waals surface area contributed by atoms with Gasteiger partial charge in [-0.2, -0.15) is 0 Å². The van der Waals surface area contributed by atoms with Crippen LogP contribution in [0.2, 0.25) is 0 Å². The van der Waals surface area contributed by atoms with E-state index in [9.17, 15) is 0 Å². The van der Waals surface area contributed by atoms with Crippen molar-refractivity contribution in [3.8, 4) is 0 Å². The number of aryl methyl sites for hydroxylation is 1. The van der Waals surface area contributed by atoms with Gasteiger partial charge in [0, 0.05) is 22.4 Å². The molecule has 0 atom stereocenters. The Morgan fingerprint density at radius 2 is 2.11 bits per heavy atom. The summed E-state index contributed by atoms with van der Waals surface area (Å²) in [6.45, 7) is 6.38. The van der Waals surface area contributed by atoms with Crippen molar-refractivity contribution >= 4 is 33.0 Å². The highest BCUT2D eigenvalue weighted by molar-refractivity contribution is 9.08. The summed E-state index contributed by atoms with van der Waals surface area (Å²) in [5.41, 5.74) is 4.03. The lowest BCUT2D eigenvalue weighted by Gasteiger charge is -2.25. The van der Waals surface area contributed by atoms with E-state index < -0.39 is 0 Å². The van der Waals surface area contributed by atoms with Crippen LogP contribution in [0, 0.1) is 6.92 Å². The van der Waals surface area contributed by atoms with E-state index in [0.29, 0.717) is 0 Å². The van der Waals surface area contributed by atoms with Crippen molar-refractivity contribution in [1.29, 1.82) is 0 Å². The SMILES string of the molecule is CCN(Cc1cccs1)c1ccc(C)cc1CBr. The van der Waals surface area contributed by atoms with Crippen LogP contribution in [0.25, 0.3) is 0 Å². The first-order valence-corrected chi connectivity index (χ1v) is 8.17. The van der Waals surface area contributed by atoms with Crippen molar-refractivity contribution in [2.75, 3.05) is 11.4 Å². The second-order valence-electron chi connectivity index (χ2n) is 4.36. The summed E-state index contributed by atoms with van der Waals surface area (Å²) >= 11 is 5.42. The van der Waals surface area contributed by atoms with E-state index >= 15 is 0 Å². The molecule has 1 heterocycles. The zero-order valence-corrected chi connectivity index (χ0v) is 13.2. The summed E-state index contributed by atoms with van der Waals surface area (Å²) in [5.74, 6) is 0. The molecular weight excluding hydrogens is 306 g/mol. The van der Waals surface area contributed by atoms with Gasteiger partial charge in [-0.25, -0.2) is 0 Å². The van der Waals surface area contributed by atoms with Crippen LogP contribution in [0.1, 0.15) is 22.9 Å². The Morgan fingerprint density at radius 1 is 1.28 bits per heavy atom. The monoisotopic (exact) mass is 323 g/mol. The lowest BCUT2D eigenvalue weighted by molar-refractivity contribution is 0.837. The fourth-order valence-electron chi connectivity index (χ4n) is 2.09. The summed E-state index contributed by atoms with van der Waals surface area (Å²) in [6, 6.07) is 11.0. The van der Waals surface area contributed by atoms with Crippen molar-refractivity contribution in [1.82, 2.24) is 0 Å². The number of hydrogen-bond donors (Lipinski definition) is 0. The van der Waals surface area contributed by atoms with Gasteiger partial charge in [0.2, 0.25) is 0 Å². The van der Waals surface area contributed by atoms with E-state index in [1.165, 1.54) is 21.7 Å². The van der Waals surface area contributed by atoms with Crippen LogP contribution in [-0.4, -0.2) is 6.54 Å². The Kier molecular flexibility index (Phi) is 4.84. The van der Waals surface area contributed by atoms with Crippen molar-refractivity contribution in [3.63, 3.8) is 0 Å². The average molecular weight is 324 g/mol. The Hall–Kier alpha value is -0.800. The molecule has 1 aromatic carbocycles. The molecule has 0 saturated heterocycles. The Balaban J connectivity index is 2.26. The standard InChI is InChI=1S/C15H18BrNS/c1-3-17(11-14-5-4-8-18-14)15-7-6-12(2)9-13(15)10-16/h4-9H,3,10-11H2,1-2H3. The molecule has 1 aromatic heterocycles. The summed E-state index contributed by atoms with van der Waals surface area (Å²) in [6.07, 6.45) is 0. The van der Waals surface area contributed by atoms with Gasteiger partial charge in [-0.05, 0) is 36.9 Å². The van der Waals surface area contributed by atoms with Crippen LogP contribution in [-0.2, 0) is 11.9 Å². The topological polar surface area (TPSA) is 3.24 Å². The van der Waals surface area contributed by atoms with Gasteiger partial charge in [-0.3, -0.25) is 0 Å². The summed E-state index contributed by atoms with van der Waals surface area (Å²) in [5, 5.41) is 3.05. The van der Waals surface area contributed by atoms with Crippen LogP contribution in [0.5, 0.6) is 0 Å². The zero-order valence-electron chi connectivity index (χ0n) is 10.8. The highest BCUT2D eigenvalue weighted by Gasteiger charge is 2.10. The van der Waals surface area contributed by atoms with Gasteiger partial charge in [0.1, 0.15) is 0 Å². The predicted molar refractivity (Wildman–Crippen MR) is 84.9 cm³/mol. The lowest BCUT2D eigenvalue weighted by atomic mass is 10.1. The molecule has 18 heavy (non-hydrogen) atoms. The summed E-state index contributed by atoms with van der Waals surface area (Å²) in [4.78, 5) is 3.85. The second-order valence-corrected chi connectivity index (χ2v) is 5.95. The molecule has 0 spiro atoms. The number of alkyl halides is 1. The molecule has 2 rings (SSSR count). The third-order valence-corrected chi connectivity index (χ3v) is 4.49. The van der Waals surface area contributed by atoms with E-state index in [2.05, 4.69) is 70.4 Å². The number of benzene rings is 1. The number of anilines is 1. The second kappa shape index (κ2) is 6.39. The average Bonchev–Trinajstić information content (AvgIpc) is 2.89. The first-order valence-electron chi connectivity index (χ1n) is 6.17. The zero-order chi connectivity index (χ0) is 13.0. The quantitative estimate of drug-likeness (QED) is 0.701. The van der Waals surface area contributed by atoms with E-state index in [0.717, 1.165) is 18.4 Å². The maximum absolute atomic E-state index is 3.59. The number of nitrogens with zero attached hydrogens (tertiary/aromatic N) is 1. The molecule has 0 N–H and O–H groups in total. The Labute approximate surface area is 122 Å². The molecule has 0 radical (unpaired) electrons. The Morgan fingerprint density at radius 3 is 2.72 bits per heavy atom. The molecule has 0 aliphatic rings. The maximum Gasteiger partial charge on any atom is 0.0522 e. The third kappa shape index (κ3) is 3.15. The van der Waals surface area contributed by atoms with Gasteiger partial charge in [0.05, 0.1) is 6.54 Å². The molecule has 0 aliphatic heterocycles. The molecule has 0 aliphatic carbocycles. The highest BCUT2D eigenvalue weighted by atomic mass is 79.9. The van der Waals surface area contributed by atoms with Crippen LogP contribution in [0.4, 0.5) is 5.69 Å². The van der Waals surface area contributed by atoms with Gasteiger partial charge in [-0.15, -0.1) is 11.3 Å². The molecule has 0 amide bonds.